The number of carbonyl (C=O) groups excluding carboxylic acids is 1. The lowest BCUT2D eigenvalue weighted by molar-refractivity contribution is 0.0622. The van der Waals surface area contributed by atoms with Gasteiger partial charge in [-0.25, -0.2) is 4.98 Å². The molecule has 4 heterocycles. The van der Waals surface area contributed by atoms with E-state index in [-0.39, 0.29) is 5.91 Å². The lowest BCUT2D eigenvalue weighted by atomic mass is 10.1. The molecule has 1 amide bonds. The highest BCUT2D eigenvalue weighted by Gasteiger charge is 2.24. The lowest BCUT2D eigenvalue weighted by Crippen LogP contribution is -2.48. The van der Waals surface area contributed by atoms with Crippen molar-refractivity contribution in [3.05, 3.63) is 47.8 Å². The molecule has 29 heavy (non-hydrogen) atoms. The molecule has 2 fully saturated rings. The number of nitrogens with zero attached hydrogens (tertiary/aromatic N) is 4. The van der Waals surface area contributed by atoms with E-state index in [1.54, 1.807) is 0 Å². The number of fused-ring (bicyclic) bond motifs is 1. The summed E-state index contributed by atoms with van der Waals surface area (Å²) in [5.41, 5.74) is 2.86. The van der Waals surface area contributed by atoms with E-state index in [9.17, 15) is 4.79 Å². The lowest BCUT2D eigenvalue weighted by Gasteiger charge is -2.34. The van der Waals surface area contributed by atoms with Crippen molar-refractivity contribution >= 4 is 11.6 Å². The van der Waals surface area contributed by atoms with Crippen molar-refractivity contribution in [3.8, 4) is 11.5 Å². The molecular formula is C22H26N4O3. The zero-order valence-electron chi connectivity index (χ0n) is 16.5. The number of aromatic nitrogens is 1. The largest absolute Gasteiger partial charge is 0.454 e. The van der Waals surface area contributed by atoms with E-state index in [2.05, 4.69) is 20.9 Å². The predicted molar refractivity (Wildman–Crippen MR) is 109 cm³/mol. The van der Waals surface area contributed by atoms with Gasteiger partial charge < -0.3 is 19.3 Å². The fraction of sp³-hybridized carbons (Fsp3) is 0.455. The summed E-state index contributed by atoms with van der Waals surface area (Å²) in [5.74, 6) is 1.66. The molecule has 152 valence electrons. The number of carbonyl (C=O) groups is 1. The van der Waals surface area contributed by atoms with Crippen molar-refractivity contribution in [1.29, 1.82) is 0 Å². The SMILES string of the molecule is O=C(c1ccc(N2CCCC2)cn1)N1CCN(Cc2ccc3c(c2)OCO3)CC1. The van der Waals surface area contributed by atoms with Gasteiger partial charge in [0.05, 0.1) is 11.9 Å². The molecule has 1 aromatic carbocycles. The minimum Gasteiger partial charge on any atom is -0.454 e. The number of piperazine rings is 1. The average Bonchev–Trinajstić information content (AvgIpc) is 3.46. The summed E-state index contributed by atoms with van der Waals surface area (Å²) in [6.45, 7) is 6.46. The van der Waals surface area contributed by atoms with E-state index < -0.39 is 0 Å². The van der Waals surface area contributed by atoms with Crippen molar-refractivity contribution in [2.45, 2.75) is 19.4 Å². The van der Waals surface area contributed by atoms with Gasteiger partial charge in [0.1, 0.15) is 5.69 Å². The van der Waals surface area contributed by atoms with Gasteiger partial charge in [0, 0.05) is 45.8 Å². The predicted octanol–water partition coefficient (Wildman–Crippen LogP) is 2.37. The van der Waals surface area contributed by atoms with Crippen LogP contribution in [0.15, 0.2) is 36.5 Å². The van der Waals surface area contributed by atoms with Gasteiger partial charge >= 0.3 is 0 Å². The molecular weight excluding hydrogens is 368 g/mol. The Kier molecular flexibility index (Phi) is 4.97. The molecule has 0 radical (unpaired) electrons. The Bertz CT molecular complexity index is 872. The first-order valence-corrected chi connectivity index (χ1v) is 10.4. The van der Waals surface area contributed by atoms with Crippen LogP contribution in [-0.4, -0.2) is 66.8 Å². The summed E-state index contributed by atoms with van der Waals surface area (Å²) in [6.07, 6.45) is 4.31. The molecule has 0 atom stereocenters. The zero-order chi connectivity index (χ0) is 19.6. The third-order valence-corrected chi connectivity index (χ3v) is 5.94. The van der Waals surface area contributed by atoms with E-state index in [1.165, 1.54) is 18.4 Å². The van der Waals surface area contributed by atoms with Gasteiger partial charge in [-0.05, 0) is 42.7 Å². The van der Waals surface area contributed by atoms with Crippen molar-refractivity contribution in [3.63, 3.8) is 0 Å². The van der Waals surface area contributed by atoms with Crippen molar-refractivity contribution < 1.29 is 14.3 Å². The van der Waals surface area contributed by atoms with Crippen molar-refractivity contribution in [2.75, 3.05) is 51.0 Å². The normalized spacial score (nSPS) is 19.0. The molecule has 0 aliphatic carbocycles. The molecule has 1 aromatic heterocycles. The van der Waals surface area contributed by atoms with Crippen LogP contribution < -0.4 is 14.4 Å². The second-order valence-corrected chi connectivity index (χ2v) is 7.85. The van der Waals surface area contributed by atoms with Gasteiger partial charge in [-0.2, -0.15) is 0 Å². The van der Waals surface area contributed by atoms with E-state index in [1.807, 2.05) is 35.4 Å². The van der Waals surface area contributed by atoms with Crippen LogP contribution in [0.5, 0.6) is 11.5 Å². The molecule has 0 saturated carbocycles. The molecule has 0 N–H and O–H groups in total. The summed E-state index contributed by atoms with van der Waals surface area (Å²) in [6, 6.07) is 9.99. The van der Waals surface area contributed by atoms with Gasteiger partial charge in [0.2, 0.25) is 6.79 Å². The highest BCUT2D eigenvalue weighted by Crippen LogP contribution is 2.32. The standard InChI is InChI=1S/C22H26N4O3/c27-22(19-5-4-18(14-23-19)25-7-1-2-8-25)26-11-9-24(10-12-26)15-17-3-6-20-21(13-17)29-16-28-20/h3-6,13-14H,1-2,7-12,15-16H2. The minimum atomic E-state index is 0.0284. The summed E-state index contributed by atoms with van der Waals surface area (Å²) in [7, 11) is 0. The van der Waals surface area contributed by atoms with Crippen molar-refractivity contribution in [1.82, 2.24) is 14.8 Å². The Balaban J connectivity index is 1.15. The molecule has 2 aromatic rings. The Hall–Kier alpha value is -2.80. The number of ether oxygens (including phenoxy) is 2. The highest BCUT2D eigenvalue weighted by atomic mass is 16.7. The molecule has 0 spiro atoms. The molecule has 7 heteroatoms. The Morgan fingerprint density at radius 1 is 0.931 bits per heavy atom. The fourth-order valence-electron chi connectivity index (χ4n) is 4.24. The second-order valence-electron chi connectivity index (χ2n) is 7.85. The van der Waals surface area contributed by atoms with E-state index in [0.29, 0.717) is 12.5 Å². The number of hydrogen-bond donors (Lipinski definition) is 0. The molecule has 5 rings (SSSR count). The molecule has 0 bridgehead atoms. The van der Waals surface area contributed by atoms with Crippen LogP contribution in [0.2, 0.25) is 0 Å². The summed E-state index contributed by atoms with van der Waals surface area (Å²) < 4.78 is 10.8. The smallest absolute Gasteiger partial charge is 0.272 e. The third kappa shape index (κ3) is 3.87. The molecule has 3 aliphatic heterocycles. The summed E-state index contributed by atoms with van der Waals surface area (Å²) >= 11 is 0. The quantitative estimate of drug-likeness (QED) is 0.794. The number of pyridine rings is 1. The number of anilines is 1. The molecule has 0 unspecified atom stereocenters. The second kappa shape index (κ2) is 7.91. The first-order chi connectivity index (χ1) is 14.3. The monoisotopic (exact) mass is 394 g/mol. The number of amides is 1. The maximum Gasteiger partial charge on any atom is 0.272 e. The number of rotatable bonds is 4. The van der Waals surface area contributed by atoms with Gasteiger partial charge in [-0.3, -0.25) is 9.69 Å². The number of hydrogen-bond acceptors (Lipinski definition) is 6. The van der Waals surface area contributed by atoms with E-state index in [4.69, 9.17) is 9.47 Å². The van der Waals surface area contributed by atoms with Crippen LogP contribution >= 0.6 is 0 Å². The minimum absolute atomic E-state index is 0.0284. The average molecular weight is 394 g/mol. The van der Waals surface area contributed by atoms with Crippen molar-refractivity contribution in [2.24, 2.45) is 0 Å². The van der Waals surface area contributed by atoms with Gasteiger partial charge in [0.25, 0.3) is 5.91 Å². The van der Waals surface area contributed by atoms with Crippen LogP contribution in [0.1, 0.15) is 28.9 Å². The van der Waals surface area contributed by atoms with E-state index >= 15 is 0 Å². The molecule has 7 nitrogen and oxygen atoms in total. The fourth-order valence-corrected chi connectivity index (χ4v) is 4.24. The zero-order valence-corrected chi connectivity index (χ0v) is 16.5. The van der Waals surface area contributed by atoms with Crippen LogP contribution in [0.3, 0.4) is 0 Å². The van der Waals surface area contributed by atoms with Gasteiger partial charge in [0.15, 0.2) is 11.5 Å². The Morgan fingerprint density at radius 3 is 2.48 bits per heavy atom. The Morgan fingerprint density at radius 2 is 1.72 bits per heavy atom. The first-order valence-electron chi connectivity index (χ1n) is 10.4. The van der Waals surface area contributed by atoms with Crippen LogP contribution in [0.25, 0.3) is 0 Å². The van der Waals surface area contributed by atoms with Crippen LogP contribution in [-0.2, 0) is 6.54 Å². The highest BCUT2D eigenvalue weighted by molar-refractivity contribution is 5.92. The first kappa shape index (κ1) is 18.2. The third-order valence-electron chi connectivity index (χ3n) is 5.94. The van der Waals surface area contributed by atoms with E-state index in [0.717, 1.165) is 63.0 Å². The number of benzene rings is 1. The topological polar surface area (TPSA) is 58.1 Å². The van der Waals surface area contributed by atoms with Gasteiger partial charge in [-0.1, -0.05) is 6.07 Å². The maximum atomic E-state index is 12.8. The van der Waals surface area contributed by atoms with Gasteiger partial charge in [-0.15, -0.1) is 0 Å². The van der Waals surface area contributed by atoms with Crippen LogP contribution in [0.4, 0.5) is 5.69 Å². The van der Waals surface area contributed by atoms with Crippen LogP contribution in [0, 0.1) is 0 Å². The molecule has 2 saturated heterocycles. The molecule has 3 aliphatic rings. The maximum absolute atomic E-state index is 12.8. The summed E-state index contributed by atoms with van der Waals surface area (Å²) in [4.78, 5) is 23.9. The Labute approximate surface area is 170 Å². The summed E-state index contributed by atoms with van der Waals surface area (Å²) in [5, 5.41) is 0.